The van der Waals surface area contributed by atoms with Crippen LogP contribution in [0.5, 0.6) is 11.5 Å². The monoisotopic (exact) mass is 386 g/mol. The molecule has 3 rings (SSSR count). The molecule has 0 heterocycles. The molecule has 1 fully saturated rings. The molecule has 2 aromatic carbocycles. The summed E-state index contributed by atoms with van der Waals surface area (Å²) in [6.45, 7) is -0.298. The summed E-state index contributed by atoms with van der Waals surface area (Å²) >= 11 is 0. The Morgan fingerprint density at radius 3 is 2.39 bits per heavy atom. The fourth-order valence-electron chi connectivity index (χ4n) is 3.66. The second-order valence-corrected chi connectivity index (χ2v) is 6.87. The molecule has 0 aromatic heterocycles. The van der Waals surface area contributed by atoms with Crippen LogP contribution in [0.4, 0.5) is 10.1 Å². The lowest BCUT2D eigenvalue weighted by molar-refractivity contribution is -0.121. The molecule has 1 aliphatic carbocycles. The van der Waals surface area contributed by atoms with Crippen LogP contribution >= 0.6 is 0 Å². The topological polar surface area (TPSA) is 90.7 Å². The number of carbonyl (C=O) groups excluding carboxylic acids is 2. The number of methoxy groups -OCH3 is 1. The number of ether oxygens (including phenoxy) is 2. The molecule has 2 aromatic rings. The van der Waals surface area contributed by atoms with Gasteiger partial charge in [0.1, 0.15) is 5.82 Å². The third-order valence-electron chi connectivity index (χ3n) is 5.08. The highest BCUT2D eigenvalue weighted by molar-refractivity contribution is 5.99. The van der Waals surface area contributed by atoms with E-state index in [9.17, 15) is 14.0 Å². The van der Waals surface area contributed by atoms with Gasteiger partial charge in [-0.25, -0.2) is 4.39 Å². The van der Waals surface area contributed by atoms with Gasteiger partial charge in [-0.1, -0.05) is 25.0 Å². The Bertz CT molecular complexity index is 861. The maximum absolute atomic E-state index is 13.3. The molecular formula is C21H23FN2O4. The highest BCUT2D eigenvalue weighted by atomic mass is 19.1. The highest BCUT2D eigenvalue weighted by Crippen LogP contribution is 2.42. The molecule has 0 radical (unpaired) electrons. The van der Waals surface area contributed by atoms with Crippen molar-refractivity contribution in [1.29, 1.82) is 0 Å². The van der Waals surface area contributed by atoms with E-state index in [0.717, 1.165) is 18.4 Å². The van der Waals surface area contributed by atoms with Gasteiger partial charge < -0.3 is 20.5 Å². The van der Waals surface area contributed by atoms with Crippen molar-refractivity contribution in [1.82, 2.24) is 0 Å². The van der Waals surface area contributed by atoms with Gasteiger partial charge in [0.15, 0.2) is 18.1 Å². The number of rotatable bonds is 7. The Hall–Kier alpha value is -3.09. The molecule has 1 aliphatic rings. The summed E-state index contributed by atoms with van der Waals surface area (Å²) in [5.41, 5.74) is 5.75. The second-order valence-electron chi connectivity index (χ2n) is 6.87. The van der Waals surface area contributed by atoms with Crippen LogP contribution in [0.2, 0.25) is 0 Å². The van der Waals surface area contributed by atoms with Crippen LogP contribution in [0.25, 0.3) is 0 Å². The SMILES string of the molecule is COc1ccc(NC(=O)C2(c3ccc(F)cc3)CCCC2)cc1OCC(N)=O. The smallest absolute Gasteiger partial charge is 0.255 e. The van der Waals surface area contributed by atoms with E-state index in [1.807, 2.05) is 0 Å². The van der Waals surface area contributed by atoms with Crippen LogP contribution in [0, 0.1) is 5.82 Å². The van der Waals surface area contributed by atoms with E-state index in [1.54, 1.807) is 30.3 Å². The number of amides is 2. The quantitative estimate of drug-likeness (QED) is 0.765. The fourth-order valence-corrected chi connectivity index (χ4v) is 3.66. The molecule has 148 valence electrons. The molecule has 0 atom stereocenters. The molecule has 28 heavy (non-hydrogen) atoms. The lowest BCUT2D eigenvalue weighted by Crippen LogP contribution is -2.38. The first-order chi connectivity index (χ1) is 13.4. The van der Waals surface area contributed by atoms with E-state index in [1.165, 1.54) is 19.2 Å². The van der Waals surface area contributed by atoms with Gasteiger partial charge in [-0.2, -0.15) is 0 Å². The predicted octanol–water partition coefficient (Wildman–Crippen LogP) is 3.15. The van der Waals surface area contributed by atoms with Gasteiger partial charge >= 0.3 is 0 Å². The summed E-state index contributed by atoms with van der Waals surface area (Å²) in [6, 6.07) is 11.0. The van der Waals surface area contributed by atoms with Crippen LogP contribution in [0.3, 0.4) is 0 Å². The number of primary amides is 1. The van der Waals surface area contributed by atoms with Gasteiger partial charge in [0.25, 0.3) is 5.91 Å². The molecule has 6 nitrogen and oxygen atoms in total. The zero-order valence-electron chi connectivity index (χ0n) is 15.7. The van der Waals surface area contributed by atoms with Crippen molar-refractivity contribution >= 4 is 17.5 Å². The first kappa shape index (κ1) is 19.7. The molecule has 0 bridgehead atoms. The average molecular weight is 386 g/mol. The van der Waals surface area contributed by atoms with Gasteiger partial charge in [-0.15, -0.1) is 0 Å². The van der Waals surface area contributed by atoms with Gasteiger partial charge in [-0.05, 0) is 42.7 Å². The van der Waals surface area contributed by atoms with Crippen molar-refractivity contribution in [3.05, 3.63) is 53.8 Å². The normalized spacial score (nSPS) is 15.1. The van der Waals surface area contributed by atoms with Crippen LogP contribution in [0.15, 0.2) is 42.5 Å². The van der Waals surface area contributed by atoms with Crippen LogP contribution in [-0.4, -0.2) is 25.5 Å². The molecule has 0 aliphatic heterocycles. The van der Waals surface area contributed by atoms with E-state index in [0.29, 0.717) is 30.0 Å². The summed E-state index contributed by atoms with van der Waals surface area (Å²) in [6.07, 6.45) is 3.26. The van der Waals surface area contributed by atoms with Crippen molar-refractivity contribution in [2.24, 2.45) is 5.73 Å². The lowest BCUT2D eigenvalue weighted by atomic mass is 9.78. The van der Waals surface area contributed by atoms with E-state index in [4.69, 9.17) is 15.2 Å². The number of carbonyl (C=O) groups is 2. The van der Waals surface area contributed by atoms with Crippen LogP contribution in [0.1, 0.15) is 31.2 Å². The van der Waals surface area contributed by atoms with Crippen molar-refractivity contribution in [3.63, 3.8) is 0 Å². The van der Waals surface area contributed by atoms with E-state index >= 15 is 0 Å². The largest absolute Gasteiger partial charge is 0.493 e. The zero-order chi connectivity index (χ0) is 20.1. The number of nitrogens with two attached hydrogens (primary N) is 1. The van der Waals surface area contributed by atoms with Gasteiger partial charge in [0.2, 0.25) is 5.91 Å². The Morgan fingerprint density at radius 2 is 1.79 bits per heavy atom. The standard InChI is InChI=1S/C21H23FN2O4/c1-27-17-9-8-16(12-18(17)28-13-19(23)25)24-20(26)21(10-2-3-11-21)14-4-6-15(22)7-5-14/h4-9,12H,2-3,10-11,13H2,1H3,(H2,23,25)(H,24,26). The third kappa shape index (κ3) is 4.08. The maximum Gasteiger partial charge on any atom is 0.255 e. The summed E-state index contributed by atoms with van der Waals surface area (Å²) in [4.78, 5) is 24.2. The van der Waals surface area contributed by atoms with Crippen molar-refractivity contribution in [2.45, 2.75) is 31.1 Å². The van der Waals surface area contributed by atoms with E-state index < -0.39 is 11.3 Å². The van der Waals surface area contributed by atoms with E-state index in [-0.39, 0.29) is 18.3 Å². The Morgan fingerprint density at radius 1 is 1.11 bits per heavy atom. The van der Waals surface area contributed by atoms with Gasteiger partial charge in [-0.3, -0.25) is 9.59 Å². The molecule has 0 unspecified atom stereocenters. The predicted molar refractivity (Wildman–Crippen MR) is 103 cm³/mol. The van der Waals surface area contributed by atoms with Crippen molar-refractivity contribution in [2.75, 3.05) is 19.0 Å². The summed E-state index contributed by atoms with van der Waals surface area (Å²) in [7, 11) is 1.48. The molecule has 3 N–H and O–H groups in total. The highest BCUT2D eigenvalue weighted by Gasteiger charge is 2.42. The van der Waals surface area contributed by atoms with Crippen molar-refractivity contribution < 1.29 is 23.5 Å². The molecule has 7 heteroatoms. The van der Waals surface area contributed by atoms with Gasteiger partial charge in [0, 0.05) is 11.8 Å². The number of halogens is 1. The van der Waals surface area contributed by atoms with Gasteiger partial charge in [0.05, 0.1) is 12.5 Å². The molecule has 1 saturated carbocycles. The molecular weight excluding hydrogens is 363 g/mol. The first-order valence-corrected chi connectivity index (χ1v) is 9.11. The van der Waals surface area contributed by atoms with E-state index in [2.05, 4.69) is 5.32 Å². The maximum atomic E-state index is 13.3. The number of benzene rings is 2. The minimum Gasteiger partial charge on any atom is -0.493 e. The molecule has 2 amide bonds. The molecule has 0 spiro atoms. The molecule has 0 saturated heterocycles. The Labute approximate surface area is 162 Å². The minimum absolute atomic E-state index is 0.150. The fraction of sp³-hybridized carbons (Fsp3) is 0.333. The summed E-state index contributed by atoms with van der Waals surface area (Å²) in [5, 5.41) is 2.93. The van der Waals surface area contributed by atoms with Crippen LogP contribution in [-0.2, 0) is 15.0 Å². The number of hydrogen-bond donors (Lipinski definition) is 2. The van der Waals surface area contributed by atoms with Crippen molar-refractivity contribution in [3.8, 4) is 11.5 Å². The Balaban J connectivity index is 1.85. The third-order valence-corrected chi connectivity index (χ3v) is 5.08. The van der Waals surface area contributed by atoms with Crippen LogP contribution < -0.4 is 20.5 Å². The average Bonchev–Trinajstić information content (AvgIpc) is 3.18. The second kappa shape index (κ2) is 8.29. The summed E-state index contributed by atoms with van der Waals surface area (Å²) < 4.78 is 23.9. The lowest BCUT2D eigenvalue weighted by Gasteiger charge is -2.28. The summed E-state index contributed by atoms with van der Waals surface area (Å²) in [5.74, 6) is -0.362. The first-order valence-electron chi connectivity index (χ1n) is 9.11. The zero-order valence-corrected chi connectivity index (χ0v) is 15.7. The number of anilines is 1. The minimum atomic E-state index is -0.693. The number of hydrogen-bond acceptors (Lipinski definition) is 4. The Kier molecular flexibility index (Phi) is 5.82. The number of nitrogens with one attached hydrogen (secondary N) is 1.